The molecule has 0 spiro atoms. The van der Waals surface area contributed by atoms with Crippen molar-refractivity contribution in [1.82, 2.24) is 4.98 Å². The molecule has 0 fully saturated rings. The van der Waals surface area contributed by atoms with Gasteiger partial charge in [0.1, 0.15) is 6.04 Å². The molecule has 0 aliphatic heterocycles. The number of anilines is 1. The van der Waals surface area contributed by atoms with Crippen molar-refractivity contribution >= 4 is 32.4 Å². The maximum Gasteiger partial charge on any atom is 0.238 e. The second kappa shape index (κ2) is 7.54. The van der Waals surface area contributed by atoms with E-state index in [0.29, 0.717) is 11.3 Å². The number of benzene rings is 3. The van der Waals surface area contributed by atoms with E-state index in [9.17, 15) is 13.2 Å². The van der Waals surface area contributed by atoms with Gasteiger partial charge in [-0.1, -0.05) is 54.6 Å². The number of para-hydroxylation sites is 1. The molecule has 0 amide bonds. The lowest BCUT2D eigenvalue weighted by Gasteiger charge is -2.19. The van der Waals surface area contributed by atoms with Crippen molar-refractivity contribution in [3.63, 3.8) is 0 Å². The molecule has 7 heteroatoms. The van der Waals surface area contributed by atoms with Gasteiger partial charge in [0.2, 0.25) is 10.0 Å². The monoisotopic (exact) mass is 405 g/mol. The zero-order valence-electron chi connectivity index (χ0n) is 15.4. The third-order valence-electron chi connectivity index (χ3n) is 4.72. The van der Waals surface area contributed by atoms with Gasteiger partial charge in [-0.2, -0.15) is 0 Å². The van der Waals surface area contributed by atoms with Crippen LogP contribution in [0, 0.1) is 0 Å². The number of carbonyl (C=O) groups is 1. The van der Waals surface area contributed by atoms with Crippen LogP contribution in [-0.4, -0.2) is 19.2 Å². The fourth-order valence-electron chi connectivity index (χ4n) is 3.31. The van der Waals surface area contributed by atoms with Crippen LogP contribution >= 0.6 is 0 Å². The molecule has 0 unspecified atom stereocenters. The number of aromatic nitrogens is 1. The predicted octanol–water partition coefficient (Wildman–Crippen LogP) is 3.85. The van der Waals surface area contributed by atoms with Crippen molar-refractivity contribution in [2.75, 3.05) is 5.32 Å². The van der Waals surface area contributed by atoms with E-state index in [1.165, 1.54) is 12.1 Å². The van der Waals surface area contributed by atoms with Crippen molar-refractivity contribution in [3.8, 4) is 0 Å². The maximum atomic E-state index is 13.5. The second-order valence-electron chi connectivity index (χ2n) is 6.67. The maximum absolute atomic E-state index is 13.5. The van der Waals surface area contributed by atoms with Crippen LogP contribution in [-0.2, 0) is 10.0 Å². The first-order valence-corrected chi connectivity index (χ1v) is 10.5. The van der Waals surface area contributed by atoms with Crippen molar-refractivity contribution < 1.29 is 13.2 Å². The number of primary sulfonamides is 1. The summed E-state index contributed by atoms with van der Waals surface area (Å²) >= 11 is 0. The molecule has 146 valence electrons. The number of ketones is 1. The molecule has 4 rings (SSSR count). The number of fused-ring (bicyclic) bond motifs is 1. The molecule has 4 aromatic rings. The zero-order valence-corrected chi connectivity index (χ0v) is 16.2. The Morgan fingerprint density at radius 2 is 1.66 bits per heavy atom. The van der Waals surface area contributed by atoms with E-state index < -0.39 is 16.1 Å². The molecular formula is C22H19N3O3S. The van der Waals surface area contributed by atoms with Gasteiger partial charge in [-0.3, -0.25) is 4.79 Å². The summed E-state index contributed by atoms with van der Waals surface area (Å²) in [6.45, 7) is 0. The zero-order chi connectivity index (χ0) is 20.4. The molecule has 0 saturated heterocycles. The summed E-state index contributed by atoms with van der Waals surface area (Å²) < 4.78 is 23.4. The summed E-state index contributed by atoms with van der Waals surface area (Å²) in [4.78, 5) is 16.6. The number of carbonyl (C=O) groups excluding carboxylic acids is 1. The van der Waals surface area contributed by atoms with E-state index in [1.807, 2.05) is 54.6 Å². The molecular weight excluding hydrogens is 386 g/mol. The lowest BCUT2D eigenvalue weighted by molar-refractivity contribution is 0.0971. The number of nitrogens with one attached hydrogen (secondary N) is 2. The molecule has 4 N–H and O–H groups in total. The van der Waals surface area contributed by atoms with Crippen molar-refractivity contribution in [3.05, 3.63) is 96.2 Å². The van der Waals surface area contributed by atoms with Crippen molar-refractivity contribution in [1.29, 1.82) is 0 Å². The van der Waals surface area contributed by atoms with Gasteiger partial charge >= 0.3 is 0 Å². The first kappa shape index (κ1) is 18.9. The molecule has 0 radical (unpaired) electrons. The summed E-state index contributed by atoms with van der Waals surface area (Å²) in [5.41, 5.74) is 2.69. The highest BCUT2D eigenvalue weighted by Crippen LogP contribution is 2.28. The molecule has 0 aliphatic rings. The number of hydrogen-bond acceptors (Lipinski definition) is 4. The quantitative estimate of drug-likeness (QED) is 0.424. The van der Waals surface area contributed by atoms with Gasteiger partial charge in [0.15, 0.2) is 5.78 Å². The molecule has 0 bridgehead atoms. The van der Waals surface area contributed by atoms with Gasteiger partial charge < -0.3 is 10.3 Å². The Kier molecular flexibility index (Phi) is 4.92. The third-order valence-corrected chi connectivity index (χ3v) is 5.63. The lowest BCUT2D eigenvalue weighted by Crippen LogP contribution is -2.21. The first-order valence-electron chi connectivity index (χ1n) is 8.98. The topological polar surface area (TPSA) is 105 Å². The Bertz CT molecular complexity index is 1280. The number of aromatic amines is 1. The molecule has 6 nitrogen and oxygen atoms in total. The van der Waals surface area contributed by atoms with Gasteiger partial charge in [0, 0.05) is 28.4 Å². The van der Waals surface area contributed by atoms with Crippen LogP contribution < -0.4 is 10.5 Å². The third kappa shape index (κ3) is 3.91. The number of rotatable bonds is 6. The summed E-state index contributed by atoms with van der Waals surface area (Å²) in [5, 5.41) is 9.25. The van der Waals surface area contributed by atoms with E-state index in [0.717, 1.165) is 16.5 Å². The summed E-state index contributed by atoms with van der Waals surface area (Å²) in [6, 6.07) is 22.3. The van der Waals surface area contributed by atoms with Gasteiger partial charge in [0.25, 0.3) is 0 Å². The van der Waals surface area contributed by atoms with Crippen LogP contribution in [0.2, 0.25) is 0 Å². The number of H-pyrrole nitrogens is 1. The highest BCUT2D eigenvalue weighted by molar-refractivity contribution is 7.89. The average molecular weight is 405 g/mol. The van der Waals surface area contributed by atoms with Crippen LogP contribution in [0.25, 0.3) is 10.9 Å². The van der Waals surface area contributed by atoms with Gasteiger partial charge in [0.05, 0.1) is 4.90 Å². The van der Waals surface area contributed by atoms with Gasteiger partial charge in [-0.05, 0) is 29.8 Å². The highest BCUT2D eigenvalue weighted by Gasteiger charge is 2.24. The Balaban J connectivity index is 1.76. The van der Waals surface area contributed by atoms with E-state index >= 15 is 0 Å². The SMILES string of the molecule is NS(=O)(=O)c1cccc(N[C@H](C(=O)c2c[nH]c3ccccc23)c2ccccc2)c1. The minimum Gasteiger partial charge on any atom is -0.371 e. The minimum atomic E-state index is -3.85. The molecule has 1 atom stereocenters. The smallest absolute Gasteiger partial charge is 0.238 e. The van der Waals surface area contributed by atoms with Crippen LogP contribution in [0.3, 0.4) is 0 Å². The second-order valence-corrected chi connectivity index (χ2v) is 8.23. The van der Waals surface area contributed by atoms with E-state index in [1.54, 1.807) is 18.3 Å². The minimum absolute atomic E-state index is 0.0196. The van der Waals surface area contributed by atoms with Crippen LogP contribution in [0.15, 0.2) is 90.0 Å². The van der Waals surface area contributed by atoms with Crippen molar-refractivity contribution in [2.45, 2.75) is 10.9 Å². The normalized spacial score (nSPS) is 12.6. The summed E-state index contributed by atoms with van der Waals surface area (Å²) in [7, 11) is -3.85. The molecule has 1 aromatic heterocycles. The van der Waals surface area contributed by atoms with Crippen molar-refractivity contribution in [2.24, 2.45) is 5.14 Å². The largest absolute Gasteiger partial charge is 0.371 e. The van der Waals surface area contributed by atoms with E-state index in [2.05, 4.69) is 10.3 Å². The van der Waals surface area contributed by atoms with E-state index in [-0.39, 0.29) is 10.7 Å². The Morgan fingerprint density at radius 3 is 2.41 bits per heavy atom. The standard InChI is InChI=1S/C22H19N3O3S/c23-29(27,28)17-10-6-9-16(13-17)25-21(15-7-2-1-3-8-15)22(26)19-14-24-20-12-5-4-11-18(19)20/h1-14,21,24-25H,(H2,23,27,28)/t21-/m0/s1. The summed E-state index contributed by atoms with van der Waals surface area (Å²) in [5.74, 6) is -0.130. The molecule has 29 heavy (non-hydrogen) atoms. The molecule has 0 aliphatic carbocycles. The van der Waals surface area contributed by atoms with Crippen LogP contribution in [0.1, 0.15) is 22.0 Å². The fourth-order valence-corrected chi connectivity index (χ4v) is 3.87. The predicted molar refractivity (Wildman–Crippen MR) is 113 cm³/mol. The fraction of sp³-hybridized carbons (Fsp3) is 0.0455. The highest BCUT2D eigenvalue weighted by atomic mass is 32.2. The lowest BCUT2D eigenvalue weighted by atomic mass is 9.96. The Labute approximate surface area is 168 Å². The first-order chi connectivity index (χ1) is 13.9. The van der Waals surface area contributed by atoms with Crippen LogP contribution in [0.4, 0.5) is 5.69 Å². The van der Waals surface area contributed by atoms with Gasteiger partial charge in [-0.15, -0.1) is 0 Å². The number of nitrogens with two attached hydrogens (primary N) is 1. The van der Waals surface area contributed by atoms with Gasteiger partial charge in [-0.25, -0.2) is 13.6 Å². The Hall–Kier alpha value is -3.42. The van der Waals surface area contributed by atoms with E-state index in [4.69, 9.17) is 5.14 Å². The average Bonchev–Trinajstić information content (AvgIpc) is 3.16. The number of Topliss-reactive ketones (excluding diaryl/α,β-unsaturated/α-hetero) is 1. The molecule has 1 heterocycles. The molecule has 0 saturated carbocycles. The van der Waals surface area contributed by atoms with Crippen LogP contribution in [0.5, 0.6) is 0 Å². The number of sulfonamides is 1. The summed E-state index contributed by atoms with van der Waals surface area (Å²) in [6.07, 6.45) is 1.70. The molecule has 3 aromatic carbocycles. The Morgan fingerprint density at radius 1 is 0.931 bits per heavy atom. The number of hydrogen-bond donors (Lipinski definition) is 3.